The summed E-state index contributed by atoms with van der Waals surface area (Å²) in [6, 6.07) is 5.61. The van der Waals surface area contributed by atoms with Gasteiger partial charge in [0.15, 0.2) is 0 Å². The zero-order chi connectivity index (χ0) is 19.8. The highest BCUT2D eigenvalue weighted by Gasteiger charge is 2.31. The Morgan fingerprint density at radius 2 is 2.07 bits per heavy atom. The summed E-state index contributed by atoms with van der Waals surface area (Å²) in [5, 5.41) is 8.00. The number of primary amides is 1. The Hall–Kier alpha value is -3.20. The summed E-state index contributed by atoms with van der Waals surface area (Å²) in [5.41, 5.74) is 9.01. The molecule has 0 unspecified atom stereocenters. The molecule has 3 aromatic heterocycles. The van der Waals surface area contributed by atoms with Gasteiger partial charge in [-0.05, 0) is 25.0 Å². The smallest absolute Gasteiger partial charge is 0.240 e. The molecule has 3 N–H and O–H groups in total. The molecule has 5 heterocycles. The Kier molecular flexibility index (Phi) is 4.51. The van der Waals surface area contributed by atoms with Crippen LogP contribution in [0.15, 0.2) is 30.6 Å². The molecule has 0 bridgehead atoms. The normalized spacial score (nSPS) is 19.8. The zero-order valence-electron chi connectivity index (χ0n) is 16.0. The van der Waals surface area contributed by atoms with E-state index in [1.54, 1.807) is 12.4 Å². The quantitative estimate of drug-likeness (QED) is 0.687. The fourth-order valence-corrected chi connectivity index (χ4v) is 4.25. The van der Waals surface area contributed by atoms with Crippen LogP contribution in [0.4, 0.5) is 11.5 Å². The molecule has 0 radical (unpaired) electrons. The largest absolute Gasteiger partial charge is 0.378 e. The van der Waals surface area contributed by atoms with Crippen LogP contribution in [0, 0.1) is 0 Å². The van der Waals surface area contributed by atoms with Gasteiger partial charge in [-0.1, -0.05) is 0 Å². The first-order valence-electron chi connectivity index (χ1n) is 9.90. The van der Waals surface area contributed by atoms with Crippen molar-refractivity contribution in [2.45, 2.75) is 18.9 Å². The van der Waals surface area contributed by atoms with Gasteiger partial charge in [0.2, 0.25) is 5.91 Å². The predicted molar refractivity (Wildman–Crippen MR) is 110 cm³/mol. The van der Waals surface area contributed by atoms with Gasteiger partial charge in [-0.3, -0.25) is 14.9 Å². The van der Waals surface area contributed by atoms with Gasteiger partial charge in [0.1, 0.15) is 23.1 Å². The minimum Gasteiger partial charge on any atom is -0.378 e. The van der Waals surface area contributed by atoms with Gasteiger partial charge in [-0.25, -0.2) is 4.98 Å². The molecule has 9 nitrogen and oxygen atoms in total. The summed E-state index contributed by atoms with van der Waals surface area (Å²) in [7, 11) is 0. The molecular weight excluding hydrogens is 370 g/mol. The van der Waals surface area contributed by atoms with E-state index in [0.717, 1.165) is 66.3 Å². The molecule has 1 amide bonds. The number of nitrogens with one attached hydrogen (secondary N) is 1. The van der Waals surface area contributed by atoms with Crippen LogP contribution in [0.1, 0.15) is 12.8 Å². The third-order valence-corrected chi connectivity index (χ3v) is 5.67. The number of nitrogens with zero attached hydrogens (tertiary/aromatic N) is 5. The third kappa shape index (κ3) is 3.17. The summed E-state index contributed by atoms with van der Waals surface area (Å²) in [4.78, 5) is 26.0. The van der Waals surface area contributed by atoms with Gasteiger partial charge >= 0.3 is 0 Å². The Bertz CT molecular complexity index is 1030. The maximum absolute atomic E-state index is 12.1. The molecule has 5 rings (SSSR count). The lowest BCUT2D eigenvalue weighted by molar-refractivity contribution is -0.119. The maximum Gasteiger partial charge on any atom is 0.240 e. The third-order valence-electron chi connectivity index (χ3n) is 5.67. The number of amides is 1. The molecule has 29 heavy (non-hydrogen) atoms. The Morgan fingerprint density at radius 1 is 1.21 bits per heavy atom. The SMILES string of the molecule is NC(=O)[C@H]1CCCN1c1cc(N2CCOCC2)nc2c(-c3ccn[nH]3)nccc12. The van der Waals surface area contributed by atoms with Crippen LogP contribution in [-0.4, -0.2) is 65.0 Å². The van der Waals surface area contributed by atoms with Crippen LogP contribution in [0.25, 0.3) is 22.3 Å². The van der Waals surface area contributed by atoms with Gasteiger partial charge in [-0.2, -0.15) is 5.10 Å². The maximum atomic E-state index is 12.1. The summed E-state index contributed by atoms with van der Waals surface area (Å²) >= 11 is 0. The van der Waals surface area contributed by atoms with Crippen molar-refractivity contribution >= 4 is 28.3 Å². The fraction of sp³-hybridized carbons (Fsp3) is 0.400. The topological polar surface area (TPSA) is 113 Å². The first-order valence-corrected chi connectivity index (χ1v) is 9.90. The molecule has 9 heteroatoms. The molecule has 1 atom stereocenters. The molecule has 0 aromatic carbocycles. The lowest BCUT2D eigenvalue weighted by atomic mass is 10.1. The van der Waals surface area contributed by atoms with Crippen LogP contribution in [0.3, 0.4) is 0 Å². The fourth-order valence-electron chi connectivity index (χ4n) is 4.25. The molecule has 2 saturated heterocycles. The van der Waals surface area contributed by atoms with E-state index in [1.165, 1.54) is 0 Å². The average molecular weight is 393 g/mol. The zero-order valence-corrected chi connectivity index (χ0v) is 16.0. The van der Waals surface area contributed by atoms with Gasteiger partial charge in [0, 0.05) is 43.5 Å². The molecule has 2 aliphatic heterocycles. The molecule has 150 valence electrons. The van der Waals surface area contributed by atoms with E-state index in [2.05, 4.69) is 31.0 Å². The molecule has 0 aliphatic carbocycles. The van der Waals surface area contributed by atoms with Gasteiger partial charge < -0.3 is 20.3 Å². The lowest BCUT2D eigenvalue weighted by Crippen LogP contribution is -2.41. The highest BCUT2D eigenvalue weighted by molar-refractivity contribution is 6.01. The van der Waals surface area contributed by atoms with Crippen molar-refractivity contribution in [3.63, 3.8) is 0 Å². The van der Waals surface area contributed by atoms with Crippen molar-refractivity contribution in [2.24, 2.45) is 5.73 Å². The van der Waals surface area contributed by atoms with Crippen molar-refractivity contribution in [2.75, 3.05) is 42.6 Å². The van der Waals surface area contributed by atoms with Crippen molar-refractivity contribution in [3.05, 3.63) is 30.6 Å². The number of hydrogen-bond acceptors (Lipinski definition) is 7. The van der Waals surface area contributed by atoms with Crippen LogP contribution in [0.5, 0.6) is 0 Å². The van der Waals surface area contributed by atoms with E-state index in [1.807, 2.05) is 12.1 Å². The summed E-state index contributed by atoms with van der Waals surface area (Å²) in [6.45, 7) is 3.68. The van der Waals surface area contributed by atoms with Gasteiger partial charge in [0.25, 0.3) is 0 Å². The van der Waals surface area contributed by atoms with Crippen molar-refractivity contribution in [1.29, 1.82) is 0 Å². The first-order chi connectivity index (χ1) is 14.2. The lowest BCUT2D eigenvalue weighted by Gasteiger charge is -2.31. The van der Waals surface area contributed by atoms with E-state index in [9.17, 15) is 4.79 Å². The van der Waals surface area contributed by atoms with E-state index >= 15 is 0 Å². The standard InChI is InChI=1S/C20H23N7O2/c21-20(28)15-2-1-7-27(15)16-12-17(26-8-10-29-11-9-26)24-18-13(16)3-5-22-19(18)14-4-6-23-25-14/h3-6,12,15H,1-2,7-11H2,(H2,21,28)(H,23,25)/t15-/m1/s1. The molecular formula is C20H23N7O2. The van der Waals surface area contributed by atoms with E-state index in [4.69, 9.17) is 15.5 Å². The number of carbonyl (C=O) groups excluding carboxylic acids is 1. The Balaban J connectivity index is 1.72. The van der Waals surface area contributed by atoms with Crippen LogP contribution in [-0.2, 0) is 9.53 Å². The second-order valence-corrected chi connectivity index (χ2v) is 7.38. The van der Waals surface area contributed by atoms with Crippen LogP contribution < -0.4 is 15.5 Å². The predicted octanol–water partition coefficient (Wildman–Crippen LogP) is 1.31. The van der Waals surface area contributed by atoms with Crippen molar-refractivity contribution in [3.8, 4) is 11.4 Å². The van der Waals surface area contributed by atoms with E-state index in [0.29, 0.717) is 13.2 Å². The van der Waals surface area contributed by atoms with Gasteiger partial charge in [-0.15, -0.1) is 0 Å². The molecule has 0 saturated carbocycles. The summed E-state index contributed by atoms with van der Waals surface area (Å²) in [6.07, 6.45) is 5.17. The number of aromatic nitrogens is 4. The number of carbonyl (C=O) groups is 1. The number of aromatic amines is 1. The van der Waals surface area contributed by atoms with Crippen molar-refractivity contribution in [1.82, 2.24) is 20.2 Å². The van der Waals surface area contributed by atoms with Crippen LogP contribution in [0.2, 0.25) is 0 Å². The summed E-state index contributed by atoms with van der Waals surface area (Å²) < 4.78 is 5.50. The number of fused-ring (bicyclic) bond motifs is 1. The average Bonchev–Trinajstić information content (AvgIpc) is 3.45. The van der Waals surface area contributed by atoms with E-state index < -0.39 is 0 Å². The minimum atomic E-state index is -0.304. The monoisotopic (exact) mass is 393 g/mol. The number of pyridine rings is 2. The Labute approximate surface area is 167 Å². The second-order valence-electron chi connectivity index (χ2n) is 7.38. The molecule has 0 spiro atoms. The Morgan fingerprint density at radius 3 is 2.83 bits per heavy atom. The first kappa shape index (κ1) is 17.9. The van der Waals surface area contributed by atoms with E-state index in [-0.39, 0.29) is 11.9 Å². The molecule has 3 aromatic rings. The number of ether oxygens (including phenoxy) is 1. The number of hydrogen-bond donors (Lipinski definition) is 2. The molecule has 2 aliphatic rings. The summed E-state index contributed by atoms with van der Waals surface area (Å²) in [5.74, 6) is 0.572. The van der Waals surface area contributed by atoms with Gasteiger partial charge in [0.05, 0.1) is 24.6 Å². The van der Waals surface area contributed by atoms with Crippen LogP contribution >= 0.6 is 0 Å². The second kappa shape index (κ2) is 7.32. The highest BCUT2D eigenvalue weighted by Crippen LogP contribution is 2.37. The molecule has 2 fully saturated rings. The minimum absolute atomic E-state index is 0.289. The van der Waals surface area contributed by atoms with Crippen molar-refractivity contribution < 1.29 is 9.53 Å². The number of rotatable bonds is 4. The number of anilines is 2. The number of H-pyrrole nitrogens is 1. The number of nitrogens with two attached hydrogens (primary N) is 1. The highest BCUT2D eigenvalue weighted by atomic mass is 16.5. The number of morpholine rings is 1.